The van der Waals surface area contributed by atoms with Crippen molar-refractivity contribution in [1.29, 1.82) is 0 Å². The van der Waals surface area contributed by atoms with Crippen molar-refractivity contribution in [3.8, 4) is 10.6 Å². The number of hydrogen-bond acceptors (Lipinski definition) is 3. The molecule has 0 amide bonds. The second-order valence-electron chi connectivity index (χ2n) is 4.72. The van der Waals surface area contributed by atoms with E-state index in [1.807, 2.05) is 25.1 Å². The highest BCUT2D eigenvalue weighted by molar-refractivity contribution is 9.10. The Morgan fingerprint density at radius 2 is 2.32 bits per heavy atom. The van der Waals surface area contributed by atoms with Gasteiger partial charge in [-0.3, -0.25) is 4.79 Å². The first-order valence-corrected chi connectivity index (χ1v) is 7.66. The summed E-state index contributed by atoms with van der Waals surface area (Å²) in [6, 6.07) is 6.11. The van der Waals surface area contributed by atoms with Crippen LogP contribution >= 0.6 is 27.3 Å². The van der Waals surface area contributed by atoms with Crippen molar-refractivity contribution in [1.82, 2.24) is 4.98 Å². The Morgan fingerprint density at radius 3 is 3.00 bits per heavy atom. The summed E-state index contributed by atoms with van der Waals surface area (Å²) in [5.41, 5.74) is 2.99. The van der Waals surface area contributed by atoms with Crippen molar-refractivity contribution in [2.75, 3.05) is 0 Å². The van der Waals surface area contributed by atoms with E-state index in [9.17, 15) is 9.90 Å². The standard InChI is InChI=1S/C14H12BrNO2S/c1-7-2-3-8(6-10(7)15)13-16-12-9(14(17)18)4-5-11(12)19-13/h2-3,6,9H,4-5H2,1H3,(H,17,18). The number of thiazole rings is 1. The molecule has 1 atom stereocenters. The Kier molecular flexibility index (Phi) is 3.19. The Morgan fingerprint density at radius 1 is 1.53 bits per heavy atom. The SMILES string of the molecule is Cc1ccc(-c2nc3c(s2)CCC3C(=O)O)cc1Br. The fraction of sp³-hybridized carbons (Fsp3) is 0.286. The minimum atomic E-state index is -0.763. The molecular weight excluding hydrogens is 326 g/mol. The van der Waals surface area contributed by atoms with Crippen molar-refractivity contribution < 1.29 is 9.90 Å². The second-order valence-corrected chi connectivity index (χ2v) is 6.66. The van der Waals surface area contributed by atoms with Crippen LogP contribution in [0.3, 0.4) is 0 Å². The quantitative estimate of drug-likeness (QED) is 0.901. The van der Waals surface area contributed by atoms with E-state index >= 15 is 0 Å². The number of halogens is 1. The van der Waals surface area contributed by atoms with Crippen LogP contribution in [0.1, 0.15) is 28.5 Å². The summed E-state index contributed by atoms with van der Waals surface area (Å²) in [7, 11) is 0. The van der Waals surface area contributed by atoms with E-state index in [1.54, 1.807) is 11.3 Å². The summed E-state index contributed by atoms with van der Waals surface area (Å²) < 4.78 is 1.05. The van der Waals surface area contributed by atoms with Gasteiger partial charge in [-0.05, 0) is 31.4 Å². The predicted octanol–water partition coefficient (Wildman–Crippen LogP) is 4.00. The maximum atomic E-state index is 11.2. The molecule has 0 radical (unpaired) electrons. The first-order chi connectivity index (χ1) is 9.06. The van der Waals surface area contributed by atoms with Crippen LogP contribution in [0.4, 0.5) is 0 Å². The highest BCUT2D eigenvalue weighted by atomic mass is 79.9. The Hall–Kier alpha value is -1.20. The van der Waals surface area contributed by atoms with Gasteiger partial charge in [0.2, 0.25) is 0 Å². The smallest absolute Gasteiger partial charge is 0.312 e. The molecule has 19 heavy (non-hydrogen) atoms. The molecule has 0 saturated heterocycles. The van der Waals surface area contributed by atoms with Gasteiger partial charge in [-0.15, -0.1) is 11.3 Å². The van der Waals surface area contributed by atoms with E-state index < -0.39 is 11.9 Å². The van der Waals surface area contributed by atoms with Crippen molar-refractivity contribution in [3.63, 3.8) is 0 Å². The molecule has 1 aromatic carbocycles. The number of aliphatic carboxylic acids is 1. The maximum absolute atomic E-state index is 11.2. The number of carboxylic acids is 1. The molecule has 0 bridgehead atoms. The van der Waals surface area contributed by atoms with E-state index in [-0.39, 0.29) is 0 Å². The number of aromatic nitrogens is 1. The third-order valence-corrected chi connectivity index (χ3v) is 5.47. The fourth-order valence-corrected chi connectivity index (χ4v) is 3.83. The Labute approximate surface area is 123 Å². The minimum Gasteiger partial charge on any atom is -0.481 e. The zero-order chi connectivity index (χ0) is 13.6. The molecule has 3 rings (SSSR count). The number of fused-ring (bicyclic) bond motifs is 1. The molecule has 3 nitrogen and oxygen atoms in total. The predicted molar refractivity (Wildman–Crippen MR) is 78.7 cm³/mol. The molecule has 98 valence electrons. The van der Waals surface area contributed by atoms with Gasteiger partial charge in [0.05, 0.1) is 5.69 Å². The topological polar surface area (TPSA) is 50.2 Å². The number of rotatable bonds is 2. The normalized spacial score (nSPS) is 17.5. The average Bonchev–Trinajstić information content (AvgIpc) is 2.91. The number of aryl methyl sites for hydroxylation is 2. The van der Waals surface area contributed by atoms with Crippen molar-refractivity contribution in [2.24, 2.45) is 0 Å². The number of nitrogens with zero attached hydrogens (tertiary/aromatic N) is 1. The molecule has 1 aromatic heterocycles. The molecule has 0 spiro atoms. The van der Waals surface area contributed by atoms with Crippen LogP contribution in [-0.4, -0.2) is 16.1 Å². The molecule has 2 aromatic rings. The molecule has 1 unspecified atom stereocenters. The van der Waals surface area contributed by atoms with E-state index in [0.29, 0.717) is 6.42 Å². The monoisotopic (exact) mass is 337 g/mol. The van der Waals surface area contributed by atoms with Gasteiger partial charge in [-0.1, -0.05) is 28.1 Å². The van der Waals surface area contributed by atoms with Crippen LogP contribution in [0, 0.1) is 6.92 Å². The Bertz CT molecular complexity index is 665. The van der Waals surface area contributed by atoms with Crippen molar-refractivity contribution in [2.45, 2.75) is 25.7 Å². The summed E-state index contributed by atoms with van der Waals surface area (Å²) in [4.78, 5) is 16.8. The molecule has 0 fully saturated rings. The highest BCUT2D eigenvalue weighted by Gasteiger charge is 2.32. The molecule has 1 N–H and O–H groups in total. The first kappa shape index (κ1) is 12.8. The summed E-state index contributed by atoms with van der Waals surface area (Å²) >= 11 is 5.13. The van der Waals surface area contributed by atoms with Crippen LogP contribution < -0.4 is 0 Å². The van der Waals surface area contributed by atoms with Gasteiger partial charge < -0.3 is 5.11 Å². The molecule has 1 aliphatic carbocycles. The first-order valence-electron chi connectivity index (χ1n) is 6.05. The number of carbonyl (C=O) groups is 1. The van der Waals surface area contributed by atoms with E-state index in [0.717, 1.165) is 32.0 Å². The molecule has 1 aliphatic rings. The molecular formula is C14H12BrNO2S. The summed E-state index contributed by atoms with van der Waals surface area (Å²) in [6.07, 6.45) is 1.51. The summed E-state index contributed by atoms with van der Waals surface area (Å²) in [5.74, 6) is -1.19. The third-order valence-electron chi connectivity index (χ3n) is 3.43. The lowest BCUT2D eigenvalue weighted by molar-refractivity contribution is -0.138. The average molecular weight is 338 g/mol. The van der Waals surface area contributed by atoms with E-state index in [2.05, 4.69) is 20.9 Å². The van der Waals surface area contributed by atoms with Gasteiger partial charge in [0.25, 0.3) is 0 Å². The zero-order valence-corrected chi connectivity index (χ0v) is 12.7. The minimum absolute atomic E-state index is 0.422. The van der Waals surface area contributed by atoms with Gasteiger partial charge in [0, 0.05) is 14.9 Å². The van der Waals surface area contributed by atoms with Gasteiger partial charge in [-0.25, -0.2) is 4.98 Å². The van der Waals surface area contributed by atoms with Gasteiger partial charge in [0.15, 0.2) is 0 Å². The molecule has 1 heterocycles. The summed E-state index contributed by atoms with van der Waals surface area (Å²) in [6.45, 7) is 2.04. The zero-order valence-electron chi connectivity index (χ0n) is 10.3. The van der Waals surface area contributed by atoms with Gasteiger partial charge in [-0.2, -0.15) is 0 Å². The largest absolute Gasteiger partial charge is 0.481 e. The van der Waals surface area contributed by atoms with Crippen LogP contribution in [0.2, 0.25) is 0 Å². The van der Waals surface area contributed by atoms with E-state index in [4.69, 9.17) is 0 Å². The number of hydrogen-bond donors (Lipinski definition) is 1. The molecule has 5 heteroatoms. The molecule has 0 aliphatic heterocycles. The van der Waals surface area contributed by atoms with Gasteiger partial charge in [0.1, 0.15) is 10.9 Å². The maximum Gasteiger partial charge on any atom is 0.312 e. The fourth-order valence-electron chi connectivity index (χ4n) is 2.32. The Balaban J connectivity index is 2.02. The summed E-state index contributed by atoms with van der Waals surface area (Å²) in [5, 5.41) is 10.1. The van der Waals surface area contributed by atoms with Crippen LogP contribution in [0.15, 0.2) is 22.7 Å². The lowest BCUT2D eigenvalue weighted by Gasteiger charge is -2.03. The second kappa shape index (κ2) is 4.72. The highest BCUT2D eigenvalue weighted by Crippen LogP contribution is 2.40. The lowest BCUT2D eigenvalue weighted by Crippen LogP contribution is -2.08. The van der Waals surface area contributed by atoms with Crippen LogP contribution in [-0.2, 0) is 11.2 Å². The third kappa shape index (κ3) is 2.21. The van der Waals surface area contributed by atoms with E-state index in [1.165, 1.54) is 5.56 Å². The van der Waals surface area contributed by atoms with Gasteiger partial charge >= 0.3 is 5.97 Å². The van der Waals surface area contributed by atoms with Crippen LogP contribution in [0.25, 0.3) is 10.6 Å². The molecule has 0 saturated carbocycles. The van der Waals surface area contributed by atoms with Crippen LogP contribution in [0.5, 0.6) is 0 Å². The van der Waals surface area contributed by atoms with Crippen molar-refractivity contribution >= 4 is 33.2 Å². The lowest BCUT2D eigenvalue weighted by atomic mass is 10.1. The van der Waals surface area contributed by atoms with Crippen molar-refractivity contribution in [3.05, 3.63) is 38.8 Å². The number of carboxylic acid groups (broad SMARTS) is 1. The number of benzene rings is 1.